The predicted octanol–water partition coefficient (Wildman–Crippen LogP) is -1.35. The lowest BCUT2D eigenvalue weighted by Gasteiger charge is -2.15. The van der Waals surface area contributed by atoms with E-state index in [1.807, 2.05) is 0 Å². The van der Waals surface area contributed by atoms with Crippen molar-refractivity contribution in [1.82, 2.24) is 4.72 Å². The Kier molecular flexibility index (Phi) is 4.15. The Morgan fingerprint density at radius 3 is 2.47 bits per heavy atom. The zero-order valence-corrected chi connectivity index (χ0v) is 11.2. The molecule has 2 unspecified atom stereocenters. The summed E-state index contributed by atoms with van der Waals surface area (Å²) in [7, 11) is -5.94. The van der Waals surface area contributed by atoms with Crippen molar-refractivity contribution < 1.29 is 26.4 Å². The van der Waals surface area contributed by atoms with Crippen LogP contribution in [0.2, 0.25) is 0 Å². The maximum Gasteiger partial charge on any atom is 0.323 e. The summed E-state index contributed by atoms with van der Waals surface area (Å²) in [6, 6.07) is -1.02. The number of carbonyl (C=O) groups is 1. The summed E-state index contributed by atoms with van der Waals surface area (Å²) in [4.78, 5) is 11.1. The molecular formula is C8H15NO6S2. The number of ether oxygens (including phenoxy) is 1. The highest BCUT2D eigenvalue weighted by atomic mass is 32.2. The number of methoxy groups -OCH3 is 1. The van der Waals surface area contributed by atoms with Crippen molar-refractivity contribution in [3.63, 3.8) is 0 Å². The molecule has 0 radical (unpaired) electrons. The number of rotatable bonds is 4. The summed E-state index contributed by atoms with van der Waals surface area (Å²) >= 11 is 0. The van der Waals surface area contributed by atoms with Gasteiger partial charge in [0.25, 0.3) is 0 Å². The minimum absolute atomic E-state index is 0.0611. The summed E-state index contributed by atoms with van der Waals surface area (Å²) in [5, 5.41) is -0.986. The van der Waals surface area contributed by atoms with Gasteiger partial charge in [-0.3, -0.25) is 4.79 Å². The first-order chi connectivity index (χ1) is 7.68. The Bertz CT molecular complexity index is 494. The molecule has 17 heavy (non-hydrogen) atoms. The van der Waals surface area contributed by atoms with Crippen molar-refractivity contribution in [3.8, 4) is 0 Å². The van der Waals surface area contributed by atoms with Crippen LogP contribution >= 0.6 is 0 Å². The number of sulfone groups is 1. The molecule has 1 saturated heterocycles. The topological polar surface area (TPSA) is 107 Å². The van der Waals surface area contributed by atoms with Crippen LogP contribution in [0, 0.1) is 0 Å². The molecule has 0 aromatic carbocycles. The fraction of sp³-hybridized carbons (Fsp3) is 0.875. The molecule has 1 heterocycles. The third-order valence-corrected chi connectivity index (χ3v) is 6.47. The summed E-state index contributed by atoms with van der Waals surface area (Å²) in [5.74, 6) is -1.24. The highest BCUT2D eigenvalue weighted by Gasteiger charge is 2.38. The Hall–Kier alpha value is -0.670. The lowest BCUT2D eigenvalue weighted by atomic mass is 10.4. The van der Waals surface area contributed by atoms with E-state index in [2.05, 4.69) is 9.46 Å². The summed E-state index contributed by atoms with van der Waals surface area (Å²) < 4.78 is 52.4. The molecule has 0 amide bonds. The Labute approximate surface area is 100 Å². The molecule has 0 aliphatic carbocycles. The molecule has 1 aliphatic heterocycles. The van der Waals surface area contributed by atoms with Crippen LogP contribution in [0.25, 0.3) is 0 Å². The Morgan fingerprint density at radius 2 is 2.06 bits per heavy atom. The van der Waals surface area contributed by atoms with Gasteiger partial charge in [-0.25, -0.2) is 21.6 Å². The summed E-state index contributed by atoms with van der Waals surface area (Å²) in [5.41, 5.74) is 0. The number of sulfonamides is 1. The predicted molar refractivity (Wildman–Crippen MR) is 60.6 cm³/mol. The zero-order valence-electron chi connectivity index (χ0n) is 9.54. The van der Waals surface area contributed by atoms with Gasteiger partial charge in [0, 0.05) is 0 Å². The number of esters is 1. The highest BCUT2D eigenvalue weighted by molar-refractivity contribution is 7.95. The Morgan fingerprint density at radius 1 is 1.47 bits per heavy atom. The van der Waals surface area contributed by atoms with Crippen LogP contribution in [0.1, 0.15) is 13.3 Å². The van der Waals surface area contributed by atoms with Gasteiger partial charge < -0.3 is 4.74 Å². The van der Waals surface area contributed by atoms with Gasteiger partial charge in [0.1, 0.15) is 6.04 Å². The van der Waals surface area contributed by atoms with E-state index < -0.39 is 42.9 Å². The molecule has 0 aromatic rings. The van der Waals surface area contributed by atoms with E-state index in [0.29, 0.717) is 0 Å². The number of nitrogens with one attached hydrogen (secondary N) is 1. The molecular weight excluding hydrogens is 270 g/mol. The van der Waals surface area contributed by atoms with Gasteiger partial charge in [0.15, 0.2) is 9.84 Å². The first kappa shape index (κ1) is 14.4. The SMILES string of the molecule is COC(=O)C(C)NS(=O)(=O)C1CCS(=O)(=O)C1. The van der Waals surface area contributed by atoms with Gasteiger partial charge in [0.2, 0.25) is 10.0 Å². The maximum atomic E-state index is 11.8. The zero-order chi connectivity index (χ0) is 13.3. The first-order valence-electron chi connectivity index (χ1n) is 4.97. The van der Waals surface area contributed by atoms with Crippen molar-refractivity contribution in [2.24, 2.45) is 0 Å². The van der Waals surface area contributed by atoms with Crippen molar-refractivity contribution in [1.29, 1.82) is 0 Å². The van der Waals surface area contributed by atoms with Crippen LogP contribution in [0.15, 0.2) is 0 Å². The van der Waals surface area contributed by atoms with Crippen LogP contribution in [0.3, 0.4) is 0 Å². The molecule has 7 nitrogen and oxygen atoms in total. The van der Waals surface area contributed by atoms with Crippen molar-refractivity contribution in [2.45, 2.75) is 24.6 Å². The van der Waals surface area contributed by atoms with Gasteiger partial charge in [-0.05, 0) is 13.3 Å². The van der Waals surface area contributed by atoms with Crippen molar-refractivity contribution in [2.75, 3.05) is 18.6 Å². The molecule has 9 heteroatoms. The van der Waals surface area contributed by atoms with Crippen molar-refractivity contribution in [3.05, 3.63) is 0 Å². The van der Waals surface area contributed by atoms with Crippen LogP contribution in [0.5, 0.6) is 0 Å². The minimum Gasteiger partial charge on any atom is -0.468 e. The minimum atomic E-state index is -3.82. The summed E-state index contributed by atoms with van der Waals surface area (Å²) in [6.45, 7) is 1.34. The molecule has 0 spiro atoms. The standard InChI is InChI=1S/C8H15NO6S2/c1-6(8(10)15-2)9-17(13,14)7-3-4-16(11,12)5-7/h6-7,9H,3-5H2,1-2H3. The van der Waals surface area contributed by atoms with Crippen LogP contribution < -0.4 is 4.72 Å². The highest BCUT2D eigenvalue weighted by Crippen LogP contribution is 2.18. The number of hydrogen-bond donors (Lipinski definition) is 1. The Balaban J connectivity index is 2.74. The quantitative estimate of drug-likeness (QED) is 0.640. The lowest BCUT2D eigenvalue weighted by molar-refractivity contribution is -0.142. The van der Waals surface area contributed by atoms with Crippen LogP contribution in [-0.4, -0.2) is 52.7 Å². The van der Waals surface area contributed by atoms with Gasteiger partial charge in [-0.2, -0.15) is 0 Å². The molecule has 1 N–H and O–H groups in total. The van der Waals surface area contributed by atoms with Gasteiger partial charge in [-0.1, -0.05) is 0 Å². The van der Waals surface area contributed by atoms with E-state index >= 15 is 0 Å². The van der Waals surface area contributed by atoms with E-state index in [4.69, 9.17) is 0 Å². The van der Waals surface area contributed by atoms with Gasteiger partial charge >= 0.3 is 5.97 Å². The maximum absolute atomic E-state index is 11.8. The number of carbonyl (C=O) groups excluding carboxylic acids is 1. The smallest absolute Gasteiger partial charge is 0.323 e. The molecule has 100 valence electrons. The fourth-order valence-electron chi connectivity index (χ4n) is 1.57. The van der Waals surface area contributed by atoms with E-state index in [-0.39, 0.29) is 12.2 Å². The molecule has 0 bridgehead atoms. The van der Waals surface area contributed by atoms with Gasteiger partial charge in [0.05, 0.1) is 23.9 Å². The molecule has 0 saturated carbocycles. The monoisotopic (exact) mass is 285 g/mol. The average Bonchev–Trinajstić information content (AvgIpc) is 2.57. The van der Waals surface area contributed by atoms with E-state index in [0.717, 1.165) is 7.11 Å². The average molecular weight is 285 g/mol. The third-order valence-electron chi connectivity index (χ3n) is 2.53. The van der Waals surface area contributed by atoms with E-state index in [1.54, 1.807) is 0 Å². The second-order valence-electron chi connectivity index (χ2n) is 3.93. The van der Waals surface area contributed by atoms with E-state index in [1.165, 1.54) is 6.92 Å². The van der Waals surface area contributed by atoms with Crippen molar-refractivity contribution >= 4 is 25.8 Å². The molecule has 0 aromatic heterocycles. The third kappa shape index (κ3) is 3.65. The second kappa shape index (κ2) is 4.91. The molecule has 1 rings (SSSR count). The second-order valence-corrected chi connectivity index (χ2v) is 8.15. The normalized spacial score (nSPS) is 25.4. The molecule has 1 aliphatic rings. The van der Waals surface area contributed by atoms with Gasteiger partial charge in [-0.15, -0.1) is 0 Å². The largest absolute Gasteiger partial charge is 0.468 e. The molecule has 1 fully saturated rings. The first-order valence-corrected chi connectivity index (χ1v) is 8.34. The number of hydrogen-bond acceptors (Lipinski definition) is 6. The summed E-state index contributed by atoms with van der Waals surface area (Å²) in [6.07, 6.45) is 0.0611. The lowest BCUT2D eigenvalue weighted by Crippen LogP contribution is -2.44. The van der Waals surface area contributed by atoms with Crippen LogP contribution in [-0.2, 0) is 29.4 Å². The van der Waals surface area contributed by atoms with Crippen LogP contribution in [0.4, 0.5) is 0 Å². The van der Waals surface area contributed by atoms with E-state index in [9.17, 15) is 21.6 Å². The molecule has 2 atom stereocenters. The fourth-order valence-corrected chi connectivity index (χ4v) is 5.81.